The first kappa shape index (κ1) is 20.9. The van der Waals surface area contributed by atoms with Gasteiger partial charge in [0, 0.05) is 18.8 Å². The zero-order chi connectivity index (χ0) is 21.6. The second kappa shape index (κ2) is 7.21. The molecule has 12 heteroatoms. The van der Waals surface area contributed by atoms with Crippen molar-refractivity contribution in [3.05, 3.63) is 52.1 Å². The van der Waals surface area contributed by atoms with E-state index in [9.17, 15) is 27.2 Å². The van der Waals surface area contributed by atoms with E-state index >= 15 is 0 Å². The molecule has 7 nitrogen and oxygen atoms in total. The van der Waals surface area contributed by atoms with Crippen LogP contribution in [0.25, 0.3) is 0 Å². The van der Waals surface area contributed by atoms with E-state index in [0.717, 1.165) is 17.0 Å². The van der Waals surface area contributed by atoms with Crippen LogP contribution in [0, 0.1) is 5.82 Å². The van der Waals surface area contributed by atoms with E-state index in [1.54, 1.807) is 0 Å². The zero-order valence-corrected chi connectivity index (χ0v) is 15.7. The number of carbonyl (C=O) groups is 2. The van der Waals surface area contributed by atoms with Gasteiger partial charge in [0.1, 0.15) is 11.4 Å². The van der Waals surface area contributed by atoms with Crippen molar-refractivity contribution in [2.24, 2.45) is 5.73 Å². The summed E-state index contributed by atoms with van der Waals surface area (Å²) in [6.45, 7) is 1.51. The summed E-state index contributed by atoms with van der Waals surface area (Å²) in [4.78, 5) is 26.0. The van der Waals surface area contributed by atoms with Crippen LogP contribution in [0.1, 0.15) is 29.8 Å². The minimum atomic E-state index is -4.74. The maximum Gasteiger partial charge on any atom is 0.435 e. The van der Waals surface area contributed by atoms with Crippen molar-refractivity contribution in [1.82, 2.24) is 20.4 Å². The molecule has 0 saturated carbocycles. The van der Waals surface area contributed by atoms with Gasteiger partial charge in [-0.05, 0) is 30.7 Å². The Labute approximate surface area is 167 Å². The van der Waals surface area contributed by atoms with Gasteiger partial charge in [-0.1, -0.05) is 17.7 Å². The molecule has 0 radical (unpaired) electrons. The van der Waals surface area contributed by atoms with Crippen molar-refractivity contribution >= 4 is 23.5 Å². The second-order valence-corrected chi connectivity index (χ2v) is 7.11. The molecular weight excluding hydrogens is 418 g/mol. The number of hydrogen-bond acceptors (Lipinski definition) is 3. The fourth-order valence-electron chi connectivity index (χ4n) is 3.57. The molecule has 2 heterocycles. The number of primary amides is 1. The standard InChI is InChI=1S/C17H16ClF4N5O2/c1-16(14(28)24-4-5-27(16)15(23)29)13(8-2-3-10(19)9(18)6-8)11-7-12(26-25-11)17(20,21)22/h2-3,6-7,13H,4-5H2,1H3,(H2,23,29)(H,24,28)(H,25,26)/t13-,16?/m0/s1. The minimum absolute atomic E-state index is 0.0310. The highest BCUT2D eigenvalue weighted by atomic mass is 35.5. The number of carbonyl (C=O) groups excluding carboxylic acids is 2. The number of alkyl halides is 3. The number of hydrogen-bond donors (Lipinski definition) is 3. The first-order valence-corrected chi connectivity index (χ1v) is 8.77. The van der Waals surface area contributed by atoms with Crippen LogP contribution in [-0.4, -0.2) is 45.7 Å². The summed E-state index contributed by atoms with van der Waals surface area (Å²) in [5.74, 6) is -2.59. The summed E-state index contributed by atoms with van der Waals surface area (Å²) in [7, 11) is 0. The van der Waals surface area contributed by atoms with Crippen LogP contribution in [0.3, 0.4) is 0 Å². The number of rotatable bonds is 3. The molecule has 1 fully saturated rings. The Bertz CT molecular complexity index is 964. The summed E-state index contributed by atoms with van der Waals surface area (Å²) in [6.07, 6.45) is -4.74. The number of piperazine rings is 1. The highest BCUT2D eigenvalue weighted by Gasteiger charge is 2.52. The second-order valence-electron chi connectivity index (χ2n) is 6.71. The van der Waals surface area contributed by atoms with Crippen LogP contribution in [-0.2, 0) is 11.0 Å². The number of nitrogens with zero attached hydrogens (tertiary/aromatic N) is 2. The van der Waals surface area contributed by atoms with Crippen LogP contribution in [0.5, 0.6) is 0 Å². The lowest BCUT2D eigenvalue weighted by atomic mass is 9.75. The Hall–Kier alpha value is -2.82. The Morgan fingerprint density at radius 2 is 2.07 bits per heavy atom. The topological polar surface area (TPSA) is 104 Å². The van der Waals surface area contributed by atoms with Gasteiger partial charge in [-0.15, -0.1) is 0 Å². The van der Waals surface area contributed by atoms with E-state index in [4.69, 9.17) is 17.3 Å². The predicted molar refractivity (Wildman–Crippen MR) is 94.5 cm³/mol. The Balaban J connectivity index is 2.24. The van der Waals surface area contributed by atoms with E-state index in [1.165, 1.54) is 19.1 Å². The van der Waals surface area contributed by atoms with E-state index in [2.05, 4.69) is 15.5 Å². The maximum atomic E-state index is 13.7. The van der Waals surface area contributed by atoms with Crippen molar-refractivity contribution in [3.63, 3.8) is 0 Å². The molecule has 2 aromatic rings. The molecule has 29 heavy (non-hydrogen) atoms. The maximum absolute atomic E-state index is 13.7. The van der Waals surface area contributed by atoms with Gasteiger partial charge < -0.3 is 16.0 Å². The van der Waals surface area contributed by atoms with Crippen LogP contribution >= 0.6 is 11.6 Å². The Morgan fingerprint density at radius 1 is 1.38 bits per heavy atom. The van der Waals surface area contributed by atoms with Gasteiger partial charge in [0.25, 0.3) is 0 Å². The van der Waals surface area contributed by atoms with Crippen molar-refractivity contribution in [2.45, 2.75) is 24.6 Å². The lowest BCUT2D eigenvalue weighted by molar-refractivity contribution is -0.141. The lowest BCUT2D eigenvalue weighted by Crippen LogP contribution is -2.68. The summed E-state index contributed by atoms with van der Waals surface area (Å²) in [6, 6.07) is 3.27. The van der Waals surface area contributed by atoms with Crippen LogP contribution in [0.4, 0.5) is 22.4 Å². The molecule has 1 saturated heterocycles. The monoisotopic (exact) mass is 433 g/mol. The van der Waals surface area contributed by atoms with Gasteiger partial charge in [-0.25, -0.2) is 9.18 Å². The molecule has 1 unspecified atom stereocenters. The fraction of sp³-hybridized carbons (Fsp3) is 0.353. The number of benzene rings is 1. The first-order chi connectivity index (χ1) is 13.5. The first-order valence-electron chi connectivity index (χ1n) is 8.39. The summed E-state index contributed by atoms with van der Waals surface area (Å²) >= 11 is 5.86. The van der Waals surface area contributed by atoms with Gasteiger partial charge in [-0.3, -0.25) is 9.89 Å². The molecule has 1 aromatic heterocycles. The molecule has 4 N–H and O–H groups in total. The van der Waals surface area contributed by atoms with Crippen molar-refractivity contribution in [1.29, 1.82) is 0 Å². The van der Waals surface area contributed by atoms with Crippen molar-refractivity contribution in [3.8, 4) is 0 Å². The van der Waals surface area contributed by atoms with Crippen molar-refractivity contribution < 1.29 is 27.2 Å². The predicted octanol–water partition coefficient (Wildman–Crippen LogP) is 2.62. The molecule has 0 spiro atoms. The van der Waals surface area contributed by atoms with E-state index in [1.807, 2.05) is 0 Å². The number of halogens is 5. The SMILES string of the molecule is CC1([C@@H](c2ccc(F)c(Cl)c2)c2cc(C(F)(F)F)n[nH]2)C(=O)NCCN1C(N)=O. The van der Waals surface area contributed by atoms with Gasteiger partial charge in [0.05, 0.1) is 10.9 Å². The third kappa shape index (κ3) is 3.61. The zero-order valence-electron chi connectivity index (χ0n) is 15.0. The molecule has 3 amide bonds. The molecule has 1 aromatic carbocycles. The van der Waals surface area contributed by atoms with E-state index in [0.29, 0.717) is 0 Å². The largest absolute Gasteiger partial charge is 0.435 e. The average molecular weight is 434 g/mol. The number of aromatic amines is 1. The van der Waals surface area contributed by atoms with Gasteiger partial charge >= 0.3 is 12.2 Å². The normalized spacial score (nSPS) is 21.0. The number of H-pyrrole nitrogens is 1. The average Bonchev–Trinajstić information content (AvgIpc) is 3.10. The molecule has 156 valence electrons. The summed E-state index contributed by atoms with van der Waals surface area (Å²) in [5, 5.41) is 7.84. The highest BCUT2D eigenvalue weighted by molar-refractivity contribution is 6.30. The number of urea groups is 1. The molecule has 2 atom stereocenters. The van der Waals surface area contributed by atoms with Crippen LogP contribution in [0.15, 0.2) is 24.3 Å². The molecule has 0 bridgehead atoms. The quantitative estimate of drug-likeness (QED) is 0.648. The lowest BCUT2D eigenvalue weighted by Gasteiger charge is -2.47. The van der Waals surface area contributed by atoms with Crippen LogP contribution in [0.2, 0.25) is 5.02 Å². The highest BCUT2D eigenvalue weighted by Crippen LogP contribution is 2.42. The van der Waals surface area contributed by atoms with E-state index in [-0.39, 0.29) is 29.4 Å². The molecular formula is C17H16ClF4N5O2. The summed E-state index contributed by atoms with van der Waals surface area (Å²) < 4.78 is 52.9. The smallest absolute Gasteiger partial charge is 0.352 e. The van der Waals surface area contributed by atoms with Gasteiger partial charge in [0.2, 0.25) is 5.91 Å². The van der Waals surface area contributed by atoms with E-state index < -0.39 is 41.1 Å². The third-order valence-electron chi connectivity index (χ3n) is 4.95. The molecule has 1 aliphatic rings. The summed E-state index contributed by atoms with van der Waals surface area (Å²) in [5.41, 5.74) is 2.57. The van der Waals surface area contributed by atoms with Crippen molar-refractivity contribution in [2.75, 3.05) is 13.1 Å². The molecule has 1 aliphatic heterocycles. The molecule has 0 aliphatic carbocycles. The third-order valence-corrected chi connectivity index (χ3v) is 5.24. The number of nitrogens with one attached hydrogen (secondary N) is 2. The fourth-order valence-corrected chi connectivity index (χ4v) is 3.76. The Morgan fingerprint density at radius 3 is 2.62 bits per heavy atom. The Kier molecular flexibility index (Phi) is 5.20. The van der Waals surface area contributed by atoms with Gasteiger partial charge in [0.15, 0.2) is 5.69 Å². The molecule has 3 rings (SSSR count). The number of aromatic nitrogens is 2. The number of amides is 3. The van der Waals surface area contributed by atoms with Gasteiger partial charge in [-0.2, -0.15) is 18.3 Å². The number of nitrogens with two attached hydrogens (primary N) is 1. The minimum Gasteiger partial charge on any atom is -0.352 e. The van der Waals surface area contributed by atoms with Crippen LogP contribution < -0.4 is 11.1 Å².